The first-order valence-electron chi connectivity index (χ1n) is 8.50. The molecular formula is C19H17N5O2S. The molecule has 0 spiro atoms. The molecule has 1 atom stereocenters. The van der Waals surface area contributed by atoms with E-state index in [-0.39, 0.29) is 23.4 Å². The van der Waals surface area contributed by atoms with Gasteiger partial charge < -0.3 is 5.32 Å². The summed E-state index contributed by atoms with van der Waals surface area (Å²) in [6, 6.07) is 13.1. The molecule has 0 radical (unpaired) electrons. The number of nitrogens with one attached hydrogen (secondary N) is 1. The van der Waals surface area contributed by atoms with Gasteiger partial charge in [-0.1, -0.05) is 30.0 Å². The van der Waals surface area contributed by atoms with Crippen LogP contribution in [0.3, 0.4) is 0 Å². The number of nitrogens with zero attached hydrogens (tertiary/aromatic N) is 4. The predicted octanol–water partition coefficient (Wildman–Crippen LogP) is 3.00. The van der Waals surface area contributed by atoms with Crippen molar-refractivity contribution in [2.24, 2.45) is 0 Å². The number of fused-ring (bicyclic) bond motifs is 1. The number of tetrazole rings is 1. The molecule has 4 rings (SSSR count). The third kappa shape index (κ3) is 3.23. The molecule has 0 aliphatic carbocycles. The number of Topliss-reactive ketones (excluding diaryl/α,β-unsaturated/α-hetero) is 1. The standard InChI is InChI=1S/C19H17N5O2S/c1-11-5-3-4-6-16(11)24-19(21-22-23-24)27-10-17(25)13-7-8-15-14(9-13)12(2)18(26)20-15/h3-9,12H,10H2,1-2H3,(H,20,26)/t12-/m1/s1. The van der Waals surface area contributed by atoms with Gasteiger partial charge in [-0.05, 0) is 59.7 Å². The van der Waals surface area contributed by atoms with E-state index in [4.69, 9.17) is 0 Å². The summed E-state index contributed by atoms with van der Waals surface area (Å²) in [6.45, 7) is 3.82. The lowest BCUT2D eigenvalue weighted by Gasteiger charge is -2.07. The number of rotatable bonds is 5. The van der Waals surface area contributed by atoms with E-state index in [9.17, 15) is 9.59 Å². The molecule has 0 bridgehead atoms. The predicted molar refractivity (Wildman–Crippen MR) is 102 cm³/mol. The van der Waals surface area contributed by atoms with E-state index in [0.717, 1.165) is 22.5 Å². The number of thioether (sulfide) groups is 1. The summed E-state index contributed by atoms with van der Waals surface area (Å²) in [5.41, 5.74) is 4.15. The van der Waals surface area contributed by atoms with E-state index in [0.29, 0.717) is 10.7 Å². The Labute approximate surface area is 160 Å². The van der Waals surface area contributed by atoms with Crippen molar-refractivity contribution in [3.05, 3.63) is 59.2 Å². The summed E-state index contributed by atoms with van der Waals surface area (Å²) in [5.74, 6) is -0.107. The lowest BCUT2D eigenvalue weighted by molar-refractivity contribution is -0.116. The number of ketones is 1. The quantitative estimate of drug-likeness (QED) is 0.541. The Morgan fingerprint density at radius 2 is 2.07 bits per heavy atom. The van der Waals surface area contributed by atoms with Gasteiger partial charge in [0, 0.05) is 11.3 Å². The average Bonchev–Trinajstić information content (AvgIpc) is 3.24. The number of amides is 1. The first-order chi connectivity index (χ1) is 13.0. The molecule has 7 nitrogen and oxygen atoms in total. The molecule has 0 saturated carbocycles. The van der Waals surface area contributed by atoms with Crippen molar-refractivity contribution in [3.63, 3.8) is 0 Å². The molecule has 27 heavy (non-hydrogen) atoms. The van der Waals surface area contributed by atoms with Crippen LogP contribution in [-0.4, -0.2) is 37.7 Å². The third-order valence-corrected chi connectivity index (χ3v) is 5.53. The normalized spacial score (nSPS) is 15.5. The van der Waals surface area contributed by atoms with E-state index in [2.05, 4.69) is 20.8 Å². The van der Waals surface area contributed by atoms with Gasteiger partial charge >= 0.3 is 0 Å². The fraction of sp³-hybridized carbons (Fsp3) is 0.211. The highest BCUT2D eigenvalue weighted by Crippen LogP contribution is 2.33. The number of hydrogen-bond acceptors (Lipinski definition) is 6. The Bertz CT molecular complexity index is 1050. The number of hydrogen-bond donors (Lipinski definition) is 1. The Morgan fingerprint density at radius 3 is 2.89 bits per heavy atom. The molecule has 2 aromatic carbocycles. The molecule has 1 amide bonds. The van der Waals surface area contributed by atoms with Crippen LogP contribution < -0.4 is 5.32 Å². The zero-order valence-corrected chi connectivity index (χ0v) is 15.7. The van der Waals surface area contributed by atoms with Crippen molar-refractivity contribution < 1.29 is 9.59 Å². The van der Waals surface area contributed by atoms with E-state index in [1.54, 1.807) is 22.9 Å². The zero-order valence-electron chi connectivity index (χ0n) is 14.8. The Morgan fingerprint density at radius 1 is 1.26 bits per heavy atom. The largest absolute Gasteiger partial charge is 0.325 e. The highest BCUT2D eigenvalue weighted by molar-refractivity contribution is 7.99. The third-order valence-electron chi connectivity index (χ3n) is 4.61. The van der Waals surface area contributed by atoms with Gasteiger partial charge in [0.15, 0.2) is 5.78 Å². The van der Waals surface area contributed by atoms with E-state index in [1.807, 2.05) is 38.1 Å². The summed E-state index contributed by atoms with van der Waals surface area (Å²) in [6.07, 6.45) is 0. The number of aromatic nitrogens is 4. The van der Waals surface area contributed by atoms with Crippen LogP contribution in [0, 0.1) is 6.92 Å². The summed E-state index contributed by atoms with van der Waals surface area (Å²) in [7, 11) is 0. The summed E-state index contributed by atoms with van der Waals surface area (Å²) >= 11 is 1.29. The monoisotopic (exact) mass is 379 g/mol. The molecule has 1 N–H and O–H groups in total. The smallest absolute Gasteiger partial charge is 0.231 e. The van der Waals surface area contributed by atoms with Gasteiger partial charge in [0.2, 0.25) is 11.1 Å². The van der Waals surface area contributed by atoms with Crippen LogP contribution in [0.1, 0.15) is 34.3 Å². The summed E-state index contributed by atoms with van der Waals surface area (Å²) in [4.78, 5) is 24.4. The van der Waals surface area contributed by atoms with Crippen LogP contribution in [0.5, 0.6) is 0 Å². The number of carbonyl (C=O) groups is 2. The fourth-order valence-electron chi connectivity index (χ4n) is 3.03. The first-order valence-corrected chi connectivity index (χ1v) is 9.48. The van der Waals surface area contributed by atoms with Gasteiger partial charge in [-0.3, -0.25) is 9.59 Å². The molecular weight excluding hydrogens is 362 g/mol. The minimum absolute atomic E-state index is 0.0336. The molecule has 1 aliphatic heterocycles. The van der Waals surface area contributed by atoms with E-state index in [1.165, 1.54) is 11.8 Å². The molecule has 2 heterocycles. The molecule has 0 fully saturated rings. The van der Waals surface area contributed by atoms with Crippen LogP contribution >= 0.6 is 11.8 Å². The molecule has 3 aromatic rings. The fourth-order valence-corrected chi connectivity index (χ4v) is 3.80. The summed E-state index contributed by atoms with van der Waals surface area (Å²) < 4.78 is 1.64. The van der Waals surface area contributed by atoms with Crippen LogP contribution in [0.4, 0.5) is 5.69 Å². The van der Waals surface area contributed by atoms with Crippen LogP contribution in [0.25, 0.3) is 5.69 Å². The second-order valence-electron chi connectivity index (χ2n) is 6.38. The number of aryl methyl sites for hydroxylation is 1. The molecule has 136 valence electrons. The van der Waals surface area contributed by atoms with Crippen molar-refractivity contribution in [1.29, 1.82) is 0 Å². The number of benzene rings is 2. The van der Waals surface area contributed by atoms with Gasteiger partial charge in [-0.2, -0.15) is 4.68 Å². The highest BCUT2D eigenvalue weighted by Gasteiger charge is 2.27. The van der Waals surface area contributed by atoms with Crippen molar-refractivity contribution >= 4 is 29.1 Å². The second kappa shape index (κ2) is 6.96. The number of anilines is 1. The maximum Gasteiger partial charge on any atom is 0.231 e. The summed E-state index contributed by atoms with van der Waals surface area (Å²) in [5, 5.41) is 15.2. The van der Waals surface area contributed by atoms with Gasteiger partial charge in [0.05, 0.1) is 17.4 Å². The molecule has 0 saturated heterocycles. The van der Waals surface area contributed by atoms with Gasteiger partial charge in [0.25, 0.3) is 0 Å². The maximum absolute atomic E-state index is 12.6. The molecule has 8 heteroatoms. The maximum atomic E-state index is 12.6. The topological polar surface area (TPSA) is 89.8 Å². The van der Waals surface area contributed by atoms with Crippen molar-refractivity contribution in [1.82, 2.24) is 20.2 Å². The van der Waals surface area contributed by atoms with Crippen molar-refractivity contribution in [2.45, 2.75) is 24.9 Å². The number of carbonyl (C=O) groups excluding carboxylic acids is 2. The molecule has 0 unspecified atom stereocenters. The number of para-hydroxylation sites is 1. The lowest BCUT2D eigenvalue weighted by Crippen LogP contribution is -2.08. The zero-order chi connectivity index (χ0) is 19.0. The van der Waals surface area contributed by atoms with Gasteiger partial charge in [0.1, 0.15) is 0 Å². The van der Waals surface area contributed by atoms with E-state index >= 15 is 0 Å². The Hall–Kier alpha value is -3.00. The molecule has 1 aliphatic rings. The van der Waals surface area contributed by atoms with Crippen molar-refractivity contribution in [2.75, 3.05) is 11.1 Å². The average molecular weight is 379 g/mol. The first kappa shape index (κ1) is 17.4. The lowest BCUT2D eigenvalue weighted by atomic mass is 9.99. The second-order valence-corrected chi connectivity index (χ2v) is 7.33. The van der Waals surface area contributed by atoms with Crippen LogP contribution in [-0.2, 0) is 4.79 Å². The SMILES string of the molecule is Cc1ccccc1-n1nnnc1SCC(=O)c1ccc2c(c1)[C@@H](C)C(=O)N2. The van der Waals surface area contributed by atoms with E-state index < -0.39 is 0 Å². The van der Waals surface area contributed by atoms with Crippen molar-refractivity contribution in [3.8, 4) is 5.69 Å². The Balaban J connectivity index is 1.51. The van der Waals surface area contributed by atoms with Crippen LogP contribution in [0.2, 0.25) is 0 Å². The minimum Gasteiger partial charge on any atom is -0.325 e. The van der Waals surface area contributed by atoms with Gasteiger partial charge in [-0.25, -0.2) is 0 Å². The Kier molecular flexibility index (Phi) is 4.49. The highest BCUT2D eigenvalue weighted by atomic mass is 32.2. The molecule has 1 aromatic heterocycles. The van der Waals surface area contributed by atoms with Crippen LogP contribution in [0.15, 0.2) is 47.6 Å². The van der Waals surface area contributed by atoms with Gasteiger partial charge in [-0.15, -0.1) is 5.10 Å². The minimum atomic E-state index is -0.242.